The highest BCUT2D eigenvalue weighted by Crippen LogP contribution is 2.32. The molecule has 0 bridgehead atoms. The Morgan fingerprint density at radius 1 is 1.00 bits per heavy atom. The molecule has 1 aliphatic rings. The van der Waals surface area contributed by atoms with Gasteiger partial charge in [0, 0.05) is 36.7 Å². The molecule has 1 unspecified atom stereocenters. The number of morpholine rings is 1. The van der Waals surface area contributed by atoms with Gasteiger partial charge in [0.25, 0.3) is 5.88 Å². The molecular weight excluding hydrogens is 572 g/mol. The lowest BCUT2D eigenvalue weighted by Crippen LogP contribution is -2.47. The summed E-state index contributed by atoms with van der Waals surface area (Å²) in [5.41, 5.74) is -1.97. The number of hydrogen-bond donors (Lipinski definition) is 1. The molecule has 244 valence electrons. The molecular formula is C31H52N4O7S. The van der Waals surface area contributed by atoms with Crippen molar-refractivity contribution in [2.45, 2.75) is 111 Å². The quantitative estimate of drug-likeness (QED) is 0.183. The number of aromatic nitrogens is 2. The highest BCUT2D eigenvalue weighted by molar-refractivity contribution is 6.99. The van der Waals surface area contributed by atoms with Crippen molar-refractivity contribution in [2.24, 2.45) is 5.41 Å². The first-order valence-electron chi connectivity index (χ1n) is 15.4. The van der Waals surface area contributed by atoms with Gasteiger partial charge in [-0.25, -0.2) is 4.79 Å². The highest BCUT2D eigenvalue weighted by Gasteiger charge is 2.41. The van der Waals surface area contributed by atoms with Crippen LogP contribution in [0.15, 0.2) is 12.2 Å². The smallest absolute Gasteiger partial charge is 0.331 e. The fourth-order valence-electron chi connectivity index (χ4n) is 4.77. The number of anilines is 1. The predicted molar refractivity (Wildman–Crippen MR) is 168 cm³/mol. The fourth-order valence-corrected chi connectivity index (χ4v) is 5.29. The summed E-state index contributed by atoms with van der Waals surface area (Å²) in [5.74, 6) is -0.0613. The average molecular weight is 625 g/mol. The predicted octanol–water partition coefficient (Wildman–Crippen LogP) is 4.54. The number of rotatable bonds is 18. The van der Waals surface area contributed by atoms with Gasteiger partial charge in [-0.05, 0) is 59.5 Å². The van der Waals surface area contributed by atoms with Gasteiger partial charge >= 0.3 is 5.97 Å². The Morgan fingerprint density at radius 2 is 1.63 bits per heavy atom. The van der Waals surface area contributed by atoms with Crippen LogP contribution in [0, 0.1) is 5.41 Å². The van der Waals surface area contributed by atoms with Gasteiger partial charge in [-0.15, -0.1) is 4.37 Å². The van der Waals surface area contributed by atoms with Crippen LogP contribution in [0.25, 0.3) is 0 Å². The molecule has 0 amide bonds. The van der Waals surface area contributed by atoms with Gasteiger partial charge in [0.15, 0.2) is 11.6 Å². The van der Waals surface area contributed by atoms with Crippen LogP contribution in [-0.4, -0.2) is 89.1 Å². The summed E-state index contributed by atoms with van der Waals surface area (Å²) in [6.45, 7) is 20.3. The van der Waals surface area contributed by atoms with Crippen LogP contribution < -0.4 is 15.0 Å². The minimum Gasteiger partial charge on any atom is -0.470 e. The van der Waals surface area contributed by atoms with Crippen LogP contribution in [0.5, 0.6) is 5.88 Å². The molecule has 2 heterocycles. The largest absolute Gasteiger partial charge is 0.470 e. The zero-order chi connectivity index (χ0) is 32.3. The number of nitrogens with one attached hydrogen (secondary N) is 1. The number of carbonyl (C=O) groups excluding carboxylic acids is 3. The second kappa shape index (κ2) is 16.6. The summed E-state index contributed by atoms with van der Waals surface area (Å²) in [6, 6.07) is 0. The van der Waals surface area contributed by atoms with E-state index in [1.54, 1.807) is 6.92 Å². The first kappa shape index (κ1) is 36.8. The Bertz CT molecular complexity index is 1070. The van der Waals surface area contributed by atoms with Crippen molar-refractivity contribution in [2.75, 3.05) is 44.4 Å². The van der Waals surface area contributed by atoms with E-state index >= 15 is 0 Å². The van der Waals surface area contributed by atoms with Crippen molar-refractivity contribution < 1.29 is 33.3 Å². The molecule has 0 radical (unpaired) electrons. The zero-order valence-corrected chi connectivity index (χ0v) is 28.3. The number of carbonyl (C=O) groups is 3. The second-order valence-corrected chi connectivity index (χ2v) is 12.8. The second-order valence-electron chi connectivity index (χ2n) is 12.3. The maximum atomic E-state index is 13.4. The van der Waals surface area contributed by atoms with E-state index in [4.69, 9.17) is 18.9 Å². The molecule has 1 saturated heterocycles. The number of esters is 1. The molecule has 1 aliphatic heterocycles. The van der Waals surface area contributed by atoms with E-state index in [1.807, 2.05) is 55.4 Å². The molecule has 1 aromatic rings. The normalized spacial score (nSPS) is 16.3. The Morgan fingerprint density at radius 3 is 2.19 bits per heavy atom. The van der Waals surface area contributed by atoms with Crippen LogP contribution in [0.1, 0.15) is 88.0 Å². The maximum Gasteiger partial charge on any atom is 0.331 e. The first-order chi connectivity index (χ1) is 20.2. The third-order valence-corrected chi connectivity index (χ3v) is 8.69. The lowest BCUT2D eigenvalue weighted by atomic mass is 9.78. The van der Waals surface area contributed by atoms with Gasteiger partial charge in [-0.1, -0.05) is 34.6 Å². The number of ketones is 2. The fraction of sp³-hybridized carbons (Fsp3) is 0.774. The summed E-state index contributed by atoms with van der Waals surface area (Å²) in [5, 5.41) is 3.34. The van der Waals surface area contributed by atoms with E-state index in [2.05, 4.69) is 19.0 Å². The van der Waals surface area contributed by atoms with Crippen LogP contribution in [0.3, 0.4) is 0 Å². The molecule has 1 aromatic heterocycles. The number of nitrogens with zero attached hydrogens (tertiary/aromatic N) is 3. The van der Waals surface area contributed by atoms with Crippen molar-refractivity contribution in [1.82, 2.24) is 14.1 Å². The number of hydrogen-bond acceptors (Lipinski definition) is 12. The van der Waals surface area contributed by atoms with E-state index in [0.29, 0.717) is 70.2 Å². The minimum atomic E-state index is -1.22. The van der Waals surface area contributed by atoms with E-state index in [1.165, 1.54) is 6.08 Å². The number of ether oxygens (including phenoxy) is 4. The molecule has 0 aliphatic carbocycles. The third-order valence-electron chi connectivity index (χ3n) is 8.19. The maximum absolute atomic E-state index is 13.4. The lowest BCUT2D eigenvalue weighted by molar-refractivity contribution is -0.162. The Labute approximate surface area is 261 Å². The van der Waals surface area contributed by atoms with Crippen LogP contribution in [-0.2, 0) is 28.6 Å². The Hall–Kier alpha value is -2.41. The van der Waals surface area contributed by atoms with E-state index < -0.39 is 29.2 Å². The molecule has 0 saturated carbocycles. The van der Waals surface area contributed by atoms with Gasteiger partial charge in [0.1, 0.15) is 24.4 Å². The summed E-state index contributed by atoms with van der Waals surface area (Å²) in [4.78, 5) is 41.5. The molecule has 0 aromatic carbocycles. The van der Waals surface area contributed by atoms with Crippen LogP contribution in [0.2, 0.25) is 0 Å². The molecule has 43 heavy (non-hydrogen) atoms. The van der Waals surface area contributed by atoms with Crippen molar-refractivity contribution in [3.8, 4) is 5.88 Å². The standard InChI is InChI=1S/C31H52N4O7S/c1-10-30(9,11-2)26(38)22(5)42-31(12-3,13-4)24(36)14-15-25(37)41-23(20-32-29(6,7)8)21-40-28-27(33-43-34-28)35-16-18-39-19-17-35/h14-15,22-23,32H,10-13,16-21H2,1-9H3/b15-14+/t22?,23-/m0/s1. The van der Waals surface area contributed by atoms with Gasteiger partial charge in [0.2, 0.25) is 5.82 Å². The Kier molecular flexibility index (Phi) is 14.2. The van der Waals surface area contributed by atoms with Crippen molar-refractivity contribution >= 4 is 35.1 Å². The molecule has 12 heteroatoms. The minimum absolute atomic E-state index is 0.0266. The Balaban J connectivity index is 2.11. The van der Waals surface area contributed by atoms with E-state index in [-0.39, 0.29) is 23.7 Å². The first-order valence-corrected chi connectivity index (χ1v) is 16.2. The van der Waals surface area contributed by atoms with E-state index in [9.17, 15) is 14.4 Å². The monoisotopic (exact) mass is 624 g/mol. The van der Waals surface area contributed by atoms with Crippen molar-refractivity contribution in [3.05, 3.63) is 12.2 Å². The molecule has 11 nitrogen and oxygen atoms in total. The SMILES string of the molecule is CCC(C)(CC)C(=O)C(C)OC(CC)(CC)C(=O)/C=C/C(=O)O[C@@H](CNC(C)(C)C)COc1nsnc1N1CCOCC1. The third kappa shape index (κ3) is 10.6. The van der Waals surface area contributed by atoms with Gasteiger partial charge in [0.05, 0.1) is 24.9 Å². The van der Waals surface area contributed by atoms with Gasteiger partial charge < -0.3 is 29.2 Å². The summed E-state index contributed by atoms with van der Waals surface area (Å²) < 4.78 is 32.0. The average Bonchev–Trinajstić information content (AvgIpc) is 3.47. The summed E-state index contributed by atoms with van der Waals surface area (Å²) in [7, 11) is 0. The summed E-state index contributed by atoms with van der Waals surface area (Å²) >= 11 is 1.06. The van der Waals surface area contributed by atoms with E-state index in [0.717, 1.165) is 17.8 Å². The molecule has 0 spiro atoms. The highest BCUT2D eigenvalue weighted by atomic mass is 32.1. The van der Waals surface area contributed by atoms with Gasteiger partial charge in [-0.2, -0.15) is 4.37 Å². The summed E-state index contributed by atoms with van der Waals surface area (Å²) in [6.07, 6.45) is 2.97. The zero-order valence-electron chi connectivity index (χ0n) is 27.5. The lowest BCUT2D eigenvalue weighted by Gasteiger charge is -2.35. The number of Topliss-reactive ketones (excluding diaryl/α,β-unsaturated/α-hetero) is 1. The molecule has 1 N–H and O–H groups in total. The topological polar surface area (TPSA) is 129 Å². The van der Waals surface area contributed by atoms with Crippen LogP contribution >= 0.6 is 11.7 Å². The van der Waals surface area contributed by atoms with Crippen LogP contribution in [0.4, 0.5) is 5.82 Å². The van der Waals surface area contributed by atoms with Gasteiger partial charge in [-0.3, -0.25) is 9.59 Å². The van der Waals surface area contributed by atoms with Crippen molar-refractivity contribution in [3.63, 3.8) is 0 Å². The van der Waals surface area contributed by atoms with Crippen molar-refractivity contribution in [1.29, 1.82) is 0 Å². The molecule has 2 rings (SSSR count). The molecule has 2 atom stereocenters. The molecule has 1 fully saturated rings.